The molecule has 2 aliphatic heterocycles. The molecule has 254 valence electrons. The summed E-state index contributed by atoms with van der Waals surface area (Å²) in [7, 11) is -0.0342. The van der Waals surface area contributed by atoms with E-state index < -0.39 is 23.9 Å². The Kier molecular flexibility index (Phi) is 8.76. The normalized spacial score (nSPS) is 24.0. The summed E-state index contributed by atoms with van der Waals surface area (Å²) in [5.41, 5.74) is 2.27. The first-order valence-corrected chi connectivity index (χ1v) is 19.4. The molecule has 4 aromatic rings. The van der Waals surface area contributed by atoms with E-state index in [-0.39, 0.29) is 29.9 Å². The summed E-state index contributed by atoms with van der Waals surface area (Å²) in [5.74, 6) is 0.0699. The van der Waals surface area contributed by atoms with Crippen LogP contribution in [0, 0.1) is 17.3 Å². The van der Waals surface area contributed by atoms with Gasteiger partial charge >= 0.3 is 289 Å². The number of nitrogens with zero attached hydrogens (tertiary/aromatic N) is 2. The second kappa shape index (κ2) is 12.2. The van der Waals surface area contributed by atoms with Crippen LogP contribution in [0.3, 0.4) is 0 Å². The van der Waals surface area contributed by atoms with Gasteiger partial charge in [-0.25, -0.2) is 0 Å². The minimum atomic E-state index is -4.38. The van der Waals surface area contributed by atoms with E-state index in [9.17, 15) is 4.79 Å². The average Bonchev–Trinajstić information content (AvgIpc) is 3.46. The zero-order valence-electron chi connectivity index (χ0n) is 30.0. The van der Waals surface area contributed by atoms with Gasteiger partial charge in [0.05, 0.1) is 0 Å². The number of nitrogens with one attached hydrogen (secondary N) is 2. The zero-order valence-corrected chi connectivity index (χ0v) is 30.9. The van der Waals surface area contributed by atoms with E-state index in [1.165, 1.54) is 0 Å². The zero-order chi connectivity index (χ0) is 34.6. The van der Waals surface area contributed by atoms with Crippen molar-refractivity contribution in [3.63, 3.8) is 0 Å². The summed E-state index contributed by atoms with van der Waals surface area (Å²) in [5, 5.41) is 8.73. The molecule has 2 saturated heterocycles. The molecular formula is C41H53N4O2P. The number of hydrogen-bond donors (Lipinski definition) is 2. The minimum absolute atomic E-state index is 0.113. The predicted octanol–water partition coefficient (Wildman–Crippen LogP) is 8.71. The average molecular weight is 665 g/mol. The first-order chi connectivity index (χ1) is 22.7. The quantitative estimate of drug-likeness (QED) is 0.193. The Morgan fingerprint density at radius 2 is 0.875 bits per heavy atom. The van der Waals surface area contributed by atoms with Crippen molar-refractivity contribution < 1.29 is 9.32 Å². The van der Waals surface area contributed by atoms with Crippen LogP contribution in [-0.4, -0.2) is 41.5 Å². The van der Waals surface area contributed by atoms with E-state index in [4.69, 9.17) is 4.52 Å². The Balaban J connectivity index is 1.78. The molecule has 2 aliphatic rings. The summed E-state index contributed by atoms with van der Waals surface area (Å²) in [6.45, 7) is 15.0. The van der Waals surface area contributed by atoms with Gasteiger partial charge in [0.25, 0.3) is 0 Å². The second-order valence-electron chi connectivity index (χ2n) is 15.4. The molecule has 6 nitrogen and oxygen atoms in total. The van der Waals surface area contributed by atoms with Gasteiger partial charge < -0.3 is 0 Å². The number of rotatable bonds is 7. The van der Waals surface area contributed by atoms with E-state index in [2.05, 4.69) is 183 Å². The first kappa shape index (κ1) is 34.5. The molecule has 2 atom stereocenters. The van der Waals surface area contributed by atoms with Crippen LogP contribution in [0.1, 0.15) is 70.7 Å². The van der Waals surface area contributed by atoms with Crippen molar-refractivity contribution >= 4 is 13.4 Å². The van der Waals surface area contributed by atoms with Gasteiger partial charge in [0.2, 0.25) is 0 Å². The monoisotopic (exact) mass is 664 g/mol. The van der Waals surface area contributed by atoms with Crippen molar-refractivity contribution in [2.24, 2.45) is 17.3 Å². The van der Waals surface area contributed by atoms with Gasteiger partial charge in [-0.05, 0) is 0 Å². The third-order valence-electron chi connectivity index (χ3n) is 10.7. The topological polar surface area (TPSA) is 56.8 Å². The molecule has 4 aromatic carbocycles. The number of carbonyl (C=O) groups excluding carboxylic acids is 1. The summed E-state index contributed by atoms with van der Waals surface area (Å²) in [6, 6.07) is 42.6. The van der Waals surface area contributed by atoms with Crippen LogP contribution in [0.2, 0.25) is 0 Å². The maximum absolute atomic E-state index is 14.7. The van der Waals surface area contributed by atoms with E-state index >= 15 is 0 Å². The number of likely N-dealkylation sites (N-methyl/N-ethyl adjacent to an activating group) is 2. The van der Waals surface area contributed by atoms with Gasteiger partial charge in [-0.3, -0.25) is 0 Å². The number of benzene rings is 4. The molecule has 2 N–H and O–H groups in total. The standard InChI is InChI=1S/C41H53N4O2P/c1-30(2)36-40(32-22-14-10-15-23-32,33-24-16-11-17-25-33)42-48(44(36)8,47-38(46)39(5,6)7)43-41(34-26-18-12-19-27-34,35-28-20-13-21-29-35)37(31(3)4)45(48)9/h10-31,36-37,42-43H,1-9H3/t36-,37-/m0/s1. The molecule has 0 saturated carbocycles. The Morgan fingerprint density at radius 1 is 0.604 bits per heavy atom. The van der Waals surface area contributed by atoms with Crippen molar-refractivity contribution in [2.45, 2.75) is 71.6 Å². The number of hydrogen-bond acceptors (Lipinski definition) is 6. The maximum atomic E-state index is 14.7. The Bertz CT molecular complexity index is 1530. The molecule has 0 unspecified atom stereocenters. The third-order valence-corrected chi connectivity index (χ3v) is 15.5. The fraction of sp³-hybridized carbons (Fsp3) is 0.390. The second-order valence-corrected chi connectivity index (χ2v) is 19.2. The fourth-order valence-corrected chi connectivity index (χ4v) is 14.7. The third kappa shape index (κ3) is 4.91. The molecule has 7 heteroatoms. The molecule has 1 spiro atoms. The molecule has 0 aliphatic carbocycles. The SMILES string of the molecule is CC(C)[C@@H]1N(C)P2(OC(=O)C(C)(C)C)(NC1(c1ccccc1)c1ccccc1)NC(c1ccccc1)(c1ccccc1)[C@H](C(C)C)N2C. The van der Waals surface area contributed by atoms with Crippen LogP contribution in [0.4, 0.5) is 0 Å². The molecule has 0 radical (unpaired) electrons. The van der Waals surface area contributed by atoms with Gasteiger partial charge in [0, 0.05) is 0 Å². The van der Waals surface area contributed by atoms with E-state index in [1.54, 1.807) is 0 Å². The summed E-state index contributed by atoms with van der Waals surface area (Å²) < 4.78 is 12.3. The van der Waals surface area contributed by atoms with Gasteiger partial charge in [-0.2, -0.15) is 0 Å². The Morgan fingerprint density at radius 3 is 1.10 bits per heavy atom. The molecule has 2 fully saturated rings. The van der Waals surface area contributed by atoms with Crippen LogP contribution in [0.15, 0.2) is 121 Å². The van der Waals surface area contributed by atoms with Crippen molar-refractivity contribution in [1.29, 1.82) is 0 Å². The summed E-state index contributed by atoms with van der Waals surface area (Å²) in [6.07, 6.45) is 0. The van der Waals surface area contributed by atoms with E-state index in [0.717, 1.165) is 22.3 Å². The van der Waals surface area contributed by atoms with E-state index in [0.29, 0.717) is 0 Å². The van der Waals surface area contributed by atoms with Crippen molar-refractivity contribution in [1.82, 2.24) is 19.5 Å². The van der Waals surface area contributed by atoms with Gasteiger partial charge in [-0.1, -0.05) is 0 Å². The summed E-state index contributed by atoms with van der Waals surface area (Å²) in [4.78, 5) is 14.7. The predicted molar refractivity (Wildman–Crippen MR) is 199 cm³/mol. The van der Waals surface area contributed by atoms with Crippen molar-refractivity contribution in [3.05, 3.63) is 144 Å². The van der Waals surface area contributed by atoms with Crippen LogP contribution < -0.4 is 10.2 Å². The van der Waals surface area contributed by atoms with Crippen LogP contribution in [-0.2, 0) is 20.4 Å². The Hall–Kier alpha value is -3.38. The Labute approximate surface area is 288 Å². The molecular weight excluding hydrogens is 611 g/mol. The molecule has 0 aromatic heterocycles. The molecule has 2 heterocycles. The van der Waals surface area contributed by atoms with Gasteiger partial charge in [0.1, 0.15) is 0 Å². The molecule has 0 amide bonds. The fourth-order valence-electron chi connectivity index (χ4n) is 8.77. The molecule has 6 rings (SSSR count). The van der Waals surface area contributed by atoms with Gasteiger partial charge in [-0.15, -0.1) is 0 Å². The summed E-state index contributed by atoms with van der Waals surface area (Å²) >= 11 is 0. The van der Waals surface area contributed by atoms with Crippen molar-refractivity contribution in [3.8, 4) is 0 Å². The van der Waals surface area contributed by atoms with E-state index in [1.807, 2.05) is 20.8 Å². The van der Waals surface area contributed by atoms with Crippen LogP contribution in [0.5, 0.6) is 0 Å². The molecule has 48 heavy (non-hydrogen) atoms. The molecule has 0 bridgehead atoms. The van der Waals surface area contributed by atoms with Crippen LogP contribution >= 0.6 is 7.43 Å². The number of carbonyl (C=O) groups is 1. The van der Waals surface area contributed by atoms with Crippen LogP contribution in [0.25, 0.3) is 0 Å². The van der Waals surface area contributed by atoms with Gasteiger partial charge in [0.15, 0.2) is 0 Å². The first-order valence-electron chi connectivity index (χ1n) is 17.3. The van der Waals surface area contributed by atoms with Crippen molar-refractivity contribution in [2.75, 3.05) is 14.1 Å².